The first-order valence-corrected chi connectivity index (χ1v) is 3.97. The van der Waals surface area contributed by atoms with Gasteiger partial charge in [-0.05, 0) is 6.92 Å². The fourth-order valence-electron chi connectivity index (χ4n) is 0.756. The van der Waals surface area contributed by atoms with Crippen molar-refractivity contribution in [2.75, 3.05) is 11.9 Å². The molecule has 0 saturated heterocycles. The van der Waals surface area contributed by atoms with Gasteiger partial charge in [-0.15, -0.1) is 0 Å². The Kier molecular flexibility index (Phi) is 3.29. The molecule has 0 bridgehead atoms. The van der Waals surface area contributed by atoms with Crippen LogP contribution in [0.3, 0.4) is 0 Å². The number of aromatic nitrogens is 2. The van der Waals surface area contributed by atoms with E-state index in [2.05, 4.69) is 15.3 Å². The molecule has 0 aliphatic heterocycles. The normalized spacial score (nSPS) is 12.1. The van der Waals surface area contributed by atoms with Gasteiger partial charge in [-0.25, -0.2) is 9.97 Å². The van der Waals surface area contributed by atoms with E-state index in [1.54, 1.807) is 6.92 Å². The third kappa shape index (κ3) is 2.63. The number of rotatable bonds is 4. The number of nitrogens with one attached hydrogen (secondary N) is 1. The Morgan fingerprint density at radius 1 is 1.64 bits per heavy atom. The summed E-state index contributed by atoms with van der Waals surface area (Å²) >= 11 is 0. The lowest BCUT2D eigenvalue weighted by Crippen LogP contribution is -2.20. The molecule has 1 rings (SSSR count). The van der Waals surface area contributed by atoms with Gasteiger partial charge < -0.3 is 10.4 Å². The van der Waals surface area contributed by atoms with Gasteiger partial charge in [-0.3, -0.25) is 10.1 Å². The molecular formula is C7H10N4O3. The molecule has 0 fully saturated rings. The zero-order valence-electron chi connectivity index (χ0n) is 7.54. The van der Waals surface area contributed by atoms with E-state index in [4.69, 9.17) is 5.11 Å². The molecule has 0 aromatic carbocycles. The molecular weight excluding hydrogens is 188 g/mol. The number of hydrogen-bond donors (Lipinski definition) is 2. The van der Waals surface area contributed by atoms with Crippen molar-refractivity contribution in [3.05, 3.63) is 22.5 Å². The predicted molar refractivity (Wildman–Crippen MR) is 48.9 cm³/mol. The number of aliphatic hydroxyl groups excluding tert-OH is 1. The molecule has 7 heteroatoms. The Bertz CT molecular complexity index is 313. The van der Waals surface area contributed by atoms with E-state index in [0.717, 1.165) is 12.4 Å². The van der Waals surface area contributed by atoms with E-state index in [0.29, 0.717) is 0 Å². The summed E-state index contributed by atoms with van der Waals surface area (Å²) < 4.78 is 0. The van der Waals surface area contributed by atoms with Crippen molar-refractivity contribution < 1.29 is 10.0 Å². The Balaban J connectivity index is 2.68. The van der Waals surface area contributed by atoms with Gasteiger partial charge in [-0.2, -0.15) is 0 Å². The Labute approximate surface area is 80.0 Å². The molecule has 1 aromatic heterocycles. The summed E-state index contributed by atoms with van der Waals surface area (Å²) in [5.41, 5.74) is -0.160. The third-order valence-corrected chi connectivity index (χ3v) is 1.50. The van der Waals surface area contributed by atoms with E-state index in [9.17, 15) is 10.1 Å². The van der Waals surface area contributed by atoms with Crippen LogP contribution in [0.5, 0.6) is 0 Å². The lowest BCUT2D eigenvalue weighted by Gasteiger charge is -2.08. The van der Waals surface area contributed by atoms with Gasteiger partial charge in [0.25, 0.3) is 0 Å². The molecule has 0 saturated carbocycles. The van der Waals surface area contributed by atoms with Crippen LogP contribution in [0.25, 0.3) is 0 Å². The topological polar surface area (TPSA) is 101 Å². The van der Waals surface area contributed by atoms with Gasteiger partial charge in [0.05, 0.1) is 11.5 Å². The summed E-state index contributed by atoms with van der Waals surface area (Å²) in [6.45, 7) is 1.69. The van der Waals surface area contributed by atoms with Crippen LogP contribution < -0.4 is 5.32 Å². The first-order chi connectivity index (χ1) is 6.63. The average molecular weight is 198 g/mol. The van der Waals surface area contributed by atoms with Crippen molar-refractivity contribution in [3.63, 3.8) is 0 Å². The number of nitrogens with zero attached hydrogens (tertiary/aromatic N) is 3. The average Bonchev–Trinajstić information content (AvgIpc) is 2.18. The van der Waals surface area contributed by atoms with Gasteiger partial charge in [0, 0.05) is 6.04 Å². The van der Waals surface area contributed by atoms with E-state index < -0.39 is 4.92 Å². The molecule has 0 unspecified atom stereocenters. The zero-order chi connectivity index (χ0) is 10.6. The second kappa shape index (κ2) is 4.47. The summed E-state index contributed by atoms with van der Waals surface area (Å²) in [5.74, 6) is 0.261. The summed E-state index contributed by atoms with van der Waals surface area (Å²) in [7, 11) is 0. The molecule has 0 radical (unpaired) electrons. The maximum atomic E-state index is 10.3. The van der Waals surface area contributed by atoms with E-state index in [1.807, 2.05) is 0 Å². The minimum absolute atomic E-state index is 0.0552. The smallest absolute Gasteiger partial charge is 0.305 e. The van der Waals surface area contributed by atoms with Crippen LogP contribution >= 0.6 is 0 Å². The lowest BCUT2D eigenvalue weighted by atomic mass is 10.4. The third-order valence-electron chi connectivity index (χ3n) is 1.50. The minimum atomic E-state index is -0.570. The number of aliphatic hydroxyl groups is 1. The van der Waals surface area contributed by atoms with E-state index in [1.165, 1.54) is 0 Å². The molecule has 76 valence electrons. The van der Waals surface area contributed by atoms with Crippen LogP contribution in [0.4, 0.5) is 11.6 Å². The van der Waals surface area contributed by atoms with E-state index >= 15 is 0 Å². The maximum absolute atomic E-state index is 10.3. The van der Waals surface area contributed by atoms with Crippen LogP contribution in [-0.2, 0) is 0 Å². The van der Waals surface area contributed by atoms with Gasteiger partial charge in [0.15, 0.2) is 0 Å². The van der Waals surface area contributed by atoms with Crippen LogP contribution in [0.2, 0.25) is 0 Å². The fourth-order valence-corrected chi connectivity index (χ4v) is 0.756. The highest BCUT2D eigenvalue weighted by molar-refractivity contribution is 5.31. The molecule has 1 aromatic rings. The van der Waals surface area contributed by atoms with Crippen molar-refractivity contribution in [1.29, 1.82) is 0 Å². The molecule has 14 heavy (non-hydrogen) atoms. The summed E-state index contributed by atoms with van der Waals surface area (Å²) in [5, 5.41) is 21.7. The Hall–Kier alpha value is -1.76. The molecule has 2 N–H and O–H groups in total. The second-order valence-corrected chi connectivity index (χ2v) is 2.75. The number of anilines is 1. The number of hydrogen-bond acceptors (Lipinski definition) is 6. The highest BCUT2D eigenvalue weighted by Gasteiger charge is 2.07. The van der Waals surface area contributed by atoms with Crippen molar-refractivity contribution in [2.45, 2.75) is 13.0 Å². The zero-order valence-corrected chi connectivity index (χ0v) is 7.54. The molecule has 1 heterocycles. The Morgan fingerprint density at radius 3 is 2.64 bits per heavy atom. The monoisotopic (exact) mass is 198 g/mol. The quantitative estimate of drug-likeness (QED) is 0.528. The molecule has 0 aliphatic rings. The van der Waals surface area contributed by atoms with E-state index in [-0.39, 0.29) is 24.3 Å². The minimum Gasteiger partial charge on any atom is -0.394 e. The van der Waals surface area contributed by atoms with Crippen LogP contribution in [0.1, 0.15) is 6.92 Å². The van der Waals surface area contributed by atoms with Gasteiger partial charge in [0.2, 0.25) is 5.95 Å². The SMILES string of the molecule is C[C@@H](CO)Nc1ncc([N+](=O)[O-])cn1. The number of nitro groups is 1. The predicted octanol–water partition coefficient (Wildman–Crippen LogP) is 0.177. The van der Waals surface area contributed by atoms with Gasteiger partial charge in [0.1, 0.15) is 12.4 Å². The van der Waals surface area contributed by atoms with Crippen LogP contribution in [0, 0.1) is 10.1 Å². The molecule has 1 atom stereocenters. The summed E-state index contributed by atoms with van der Waals surface area (Å²) in [6.07, 6.45) is 2.22. The molecule has 0 spiro atoms. The Morgan fingerprint density at radius 2 is 2.21 bits per heavy atom. The van der Waals surface area contributed by atoms with Crippen molar-refractivity contribution in [2.24, 2.45) is 0 Å². The molecule has 0 amide bonds. The maximum Gasteiger partial charge on any atom is 0.305 e. The van der Waals surface area contributed by atoms with Crippen LogP contribution in [0.15, 0.2) is 12.4 Å². The van der Waals surface area contributed by atoms with Gasteiger partial charge >= 0.3 is 5.69 Å². The largest absolute Gasteiger partial charge is 0.394 e. The standard InChI is InChI=1S/C7H10N4O3/c1-5(4-12)10-7-8-2-6(3-9-7)11(13)14/h2-3,5,12H,4H2,1H3,(H,8,9,10)/t5-/m0/s1. The highest BCUT2D eigenvalue weighted by Crippen LogP contribution is 2.08. The van der Waals surface area contributed by atoms with Crippen LogP contribution in [-0.4, -0.2) is 32.6 Å². The lowest BCUT2D eigenvalue weighted by molar-refractivity contribution is -0.385. The van der Waals surface area contributed by atoms with Crippen molar-refractivity contribution >= 4 is 11.6 Å². The first-order valence-electron chi connectivity index (χ1n) is 3.97. The summed E-state index contributed by atoms with van der Waals surface area (Å²) in [4.78, 5) is 17.1. The second-order valence-electron chi connectivity index (χ2n) is 2.75. The molecule has 0 aliphatic carbocycles. The summed E-state index contributed by atoms with van der Waals surface area (Å²) in [6, 6.07) is -0.184. The fraction of sp³-hybridized carbons (Fsp3) is 0.429. The van der Waals surface area contributed by atoms with Crippen molar-refractivity contribution in [1.82, 2.24) is 9.97 Å². The highest BCUT2D eigenvalue weighted by atomic mass is 16.6. The van der Waals surface area contributed by atoms with Gasteiger partial charge in [-0.1, -0.05) is 0 Å². The molecule has 7 nitrogen and oxygen atoms in total. The first kappa shape index (κ1) is 10.3. The van der Waals surface area contributed by atoms with Crippen molar-refractivity contribution in [3.8, 4) is 0 Å².